The fourth-order valence-electron chi connectivity index (χ4n) is 5.88. The molecular weight excluding hydrogens is 350 g/mol. The summed E-state index contributed by atoms with van der Waals surface area (Å²) in [6, 6.07) is 11.7. The van der Waals surface area contributed by atoms with E-state index in [0.717, 1.165) is 30.1 Å². The van der Waals surface area contributed by atoms with Crippen molar-refractivity contribution in [2.45, 2.75) is 103 Å². The van der Waals surface area contributed by atoms with Crippen LogP contribution in [0.15, 0.2) is 36.4 Å². The quantitative estimate of drug-likeness (QED) is 0.306. The first-order valence-corrected chi connectivity index (χ1v) is 12.4. The van der Waals surface area contributed by atoms with E-state index in [1.54, 1.807) is 11.6 Å². The monoisotopic (exact) mass is 391 g/mol. The molecule has 0 aliphatic heterocycles. The number of aryl methyl sites for hydroxylation is 1. The highest BCUT2D eigenvalue weighted by atomic mass is 14.4. The number of unbranched alkanes of at least 4 members (excludes halogenated alkanes) is 2. The van der Waals surface area contributed by atoms with Gasteiger partial charge in [-0.1, -0.05) is 62.9 Å². The van der Waals surface area contributed by atoms with Gasteiger partial charge in [0.2, 0.25) is 0 Å². The highest BCUT2D eigenvalue weighted by Gasteiger charge is 2.31. The number of rotatable bonds is 9. The van der Waals surface area contributed by atoms with Crippen molar-refractivity contribution >= 4 is 0 Å². The summed E-state index contributed by atoms with van der Waals surface area (Å²) in [5.41, 5.74) is 3.12. The second-order valence-electron chi connectivity index (χ2n) is 9.70. The van der Waals surface area contributed by atoms with Gasteiger partial charge in [-0.25, -0.2) is 0 Å². The molecule has 2 saturated carbocycles. The van der Waals surface area contributed by atoms with Crippen LogP contribution in [0.2, 0.25) is 0 Å². The van der Waals surface area contributed by atoms with Gasteiger partial charge in [0.05, 0.1) is 6.07 Å². The lowest BCUT2D eigenvalue weighted by atomic mass is 9.68. The molecule has 1 heteroatoms. The van der Waals surface area contributed by atoms with Gasteiger partial charge in [0.25, 0.3) is 0 Å². The first-order valence-electron chi connectivity index (χ1n) is 12.4. The summed E-state index contributed by atoms with van der Waals surface area (Å²) < 4.78 is 0. The van der Waals surface area contributed by atoms with Crippen molar-refractivity contribution < 1.29 is 0 Å². The van der Waals surface area contributed by atoms with Crippen LogP contribution in [-0.4, -0.2) is 0 Å². The Hall–Kier alpha value is -1.55. The second kappa shape index (κ2) is 12.2. The molecule has 0 N–H and O–H groups in total. The Labute approximate surface area is 179 Å². The van der Waals surface area contributed by atoms with Gasteiger partial charge in [-0.05, 0) is 99.0 Å². The van der Waals surface area contributed by atoms with Crippen LogP contribution in [-0.2, 0) is 6.42 Å². The maximum absolute atomic E-state index is 8.59. The molecule has 0 amide bonds. The van der Waals surface area contributed by atoms with Crippen molar-refractivity contribution in [2.24, 2.45) is 17.8 Å². The minimum absolute atomic E-state index is 0.805. The molecule has 1 aromatic carbocycles. The largest absolute Gasteiger partial charge is 0.193 e. The summed E-state index contributed by atoms with van der Waals surface area (Å²) in [7, 11) is 0. The fourth-order valence-corrected chi connectivity index (χ4v) is 5.88. The summed E-state index contributed by atoms with van der Waals surface area (Å²) >= 11 is 0. The molecule has 1 nitrogen and oxygen atoms in total. The normalized spacial score (nSPS) is 27.7. The van der Waals surface area contributed by atoms with E-state index in [1.165, 1.54) is 89.0 Å². The van der Waals surface area contributed by atoms with Crippen LogP contribution >= 0.6 is 0 Å². The SMILES string of the molecule is CCCCCc1ccc(C2CCC(C3CCC(CC/C=C/C#N)CC3)CC2)cc1. The molecule has 0 unspecified atom stereocenters. The van der Waals surface area contributed by atoms with Crippen molar-refractivity contribution in [3.63, 3.8) is 0 Å². The summed E-state index contributed by atoms with van der Waals surface area (Å²) in [6.07, 6.45) is 22.8. The third-order valence-corrected chi connectivity index (χ3v) is 7.78. The van der Waals surface area contributed by atoms with Gasteiger partial charge in [-0.2, -0.15) is 5.26 Å². The molecule has 29 heavy (non-hydrogen) atoms. The van der Waals surface area contributed by atoms with E-state index in [2.05, 4.69) is 37.3 Å². The van der Waals surface area contributed by atoms with Gasteiger partial charge < -0.3 is 0 Å². The Morgan fingerprint density at radius 2 is 1.55 bits per heavy atom. The van der Waals surface area contributed by atoms with Crippen molar-refractivity contribution in [1.29, 1.82) is 5.26 Å². The fraction of sp³-hybridized carbons (Fsp3) is 0.679. The van der Waals surface area contributed by atoms with Crippen molar-refractivity contribution in [1.82, 2.24) is 0 Å². The maximum atomic E-state index is 8.59. The summed E-state index contributed by atoms with van der Waals surface area (Å²) in [5.74, 6) is 3.68. The van der Waals surface area contributed by atoms with E-state index in [0.29, 0.717) is 0 Å². The number of hydrogen-bond acceptors (Lipinski definition) is 1. The second-order valence-corrected chi connectivity index (χ2v) is 9.70. The topological polar surface area (TPSA) is 23.8 Å². The Morgan fingerprint density at radius 3 is 2.17 bits per heavy atom. The van der Waals surface area contributed by atoms with E-state index < -0.39 is 0 Å². The predicted molar refractivity (Wildman–Crippen MR) is 124 cm³/mol. The van der Waals surface area contributed by atoms with E-state index in [-0.39, 0.29) is 0 Å². The Bertz CT molecular complexity index is 634. The zero-order chi connectivity index (χ0) is 20.3. The molecule has 0 spiro atoms. The minimum Gasteiger partial charge on any atom is -0.193 e. The molecule has 0 aromatic heterocycles. The lowest BCUT2D eigenvalue weighted by Crippen LogP contribution is -2.25. The van der Waals surface area contributed by atoms with Gasteiger partial charge in [-0.15, -0.1) is 0 Å². The summed E-state index contributed by atoms with van der Waals surface area (Å²) in [4.78, 5) is 0. The van der Waals surface area contributed by atoms with Crippen LogP contribution in [0.25, 0.3) is 0 Å². The number of allylic oxidation sites excluding steroid dienone is 2. The van der Waals surface area contributed by atoms with E-state index in [9.17, 15) is 0 Å². The molecule has 0 radical (unpaired) electrons. The molecule has 0 bridgehead atoms. The highest BCUT2D eigenvalue weighted by Crippen LogP contribution is 2.44. The van der Waals surface area contributed by atoms with E-state index in [4.69, 9.17) is 5.26 Å². The Kier molecular flexibility index (Phi) is 9.33. The molecule has 1 aromatic rings. The maximum Gasteiger partial charge on any atom is 0.0908 e. The van der Waals surface area contributed by atoms with Gasteiger partial charge >= 0.3 is 0 Å². The Balaban J connectivity index is 1.37. The Morgan fingerprint density at radius 1 is 0.897 bits per heavy atom. The molecule has 2 aliphatic carbocycles. The number of nitriles is 1. The van der Waals surface area contributed by atoms with Crippen LogP contribution in [0.5, 0.6) is 0 Å². The van der Waals surface area contributed by atoms with Crippen molar-refractivity contribution in [3.05, 3.63) is 47.5 Å². The molecule has 0 saturated heterocycles. The third-order valence-electron chi connectivity index (χ3n) is 7.78. The molecular formula is C28H41N. The third kappa shape index (κ3) is 7.02. The standard InChI is InChI=1S/C28H41N/c1-2-3-5-8-23-10-14-25(15-11-23)27-18-20-28(21-19-27)26-16-12-24(13-17-26)9-6-4-7-22-29/h4,7,10-11,14-15,24,26-28H,2-3,5-6,8-9,12-13,16-21H2,1H3/b7-4+. The lowest BCUT2D eigenvalue weighted by molar-refractivity contribution is 0.157. The molecule has 158 valence electrons. The van der Waals surface area contributed by atoms with Crippen molar-refractivity contribution in [3.8, 4) is 6.07 Å². The highest BCUT2D eigenvalue weighted by molar-refractivity contribution is 5.26. The molecule has 0 heterocycles. The number of hydrogen-bond donors (Lipinski definition) is 0. The molecule has 2 aliphatic rings. The van der Waals surface area contributed by atoms with Gasteiger partial charge in [-0.3, -0.25) is 0 Å². The minimum atomic E-state index is 0.805. The zero-order valence-corrected chi connectivity index (χ0v) is 18.6. The molecule has 0 atom stereocenters. The number of benzene rings is 1. The average molecular weight is 392 g/mol. The van der Waals surface area contributed by atoms with Gasteiger partial charge in [0, 0.05) is 6.08 Å². The summed E-state index contributed by atoms with van der Waals surface area (Å²) in [5, 5.41) is 8.59. The molecule has 3 rings (SSSR count). The van der Waals surface area contributed by atoms with Gasteiger partial charge in [0.15, 0.2) is 0 Å². The summed E-state index contributed by atoms with van der Waals surface area (Å²) in [6.45, 7) is 2.28. The van der Waals surface area contributed by atoms with Crippen LogP contribution in [0.3, 0.4) is 0 Å². The van der Waals surface area contributed by atoms with Crippen LogP contribution < -0.4 is 0 Å². The average Bonchev–Trinajstić information content (AvgIpc) is 2.78. The first-order chi connectivity index (χ1) is 14.3. The smallest absolute Gasteiger partial charge is 0.0908 e. The predicted octanol–water partition coefficient (Wildman–Crippen LogP) is 8.36. The van der Waals surface area contributed by atoms with Crippen molar-refractivity contribution in [2.75, 3.05) is 0 Å². The van der Waals surface area contributed by atoms with E-state index in [1.807, 2.05) is 6.08 Å². The van der Waals surface area contributed by atoms with Crippen LogP contribution in [0, 0.1) is 29.1 Å². The van der Waals surface area contributed by atoms with Crippen LogP contribution in [0.1, 0.15) is 107 Å². The first kappa shape index (κ1) is 22.1. The van der Waals surface area contributed by atoms with Crippen LogP contribution in [0.4, 0.5) is 0 Å². The van der Waals surface area contributed by atoms with Gasteiger partial charge in [0.1, 0.15) is 0 Å². The molecule has 2 fully saturated rings. The lowest BCUT2D eigenvalue weighted by Gasteiger charge is -2.38. The van der Waals surface area contributed by atoms with E-state index >= 15 is 0 Å². The zero-order valence-electron chi connectivity index (χ0n) is 18.6. The number of nitrogens with zero attached hydrogens (tertiary/aromatic N) is 1.